The highest BCUT2D eigenvalue weighted by atomic mass is 35.5. The van der Waals surface area contributed by atoms with Gasteiger partial charge in [0.05, 0.1) is 5.60 Å². The third-order valence-corrected chi connectivity index (χ3v) is 4.13. The zero-order valence-electron chi connectivity index (χ0n) is 12.6. The summed E-state index contributed by atoms with van der Waals surface area (Å²) in [5, 5.41) is 14.0. The molecule has 1 fully saturated rings. The van der Waals surface area contributed by atoms with E-state index in [1.165, 1.54) is 6.92 Å². The Hall–Kier alpha value is -1.10. The zero-order chi connectivity index (χ0) is 15.7. The Balaban J connectivity index is 2.06. The van der Waals surface area contributed by atoms with Crippen LogP contribution in [0.25, 0.3) is 0 Å². The van der Waals surface area contributed by atoms with E-state index in [1.54, 1.807) is 24.3 Å². The summed E-state index contributed by atoms with van der Waals surface area (Å²) in [7, 11) is 0. The van der Waals surface area contributed by atoms with Gasteiger partial charge in [0.15, 0.2) is 5.60 Å². The van der Waals surface area contributed by atoms with Crippen molar-refractivity contribution in [2.24, 2.45) is 0 Å². The van der Waals surface area contributed by atoms with Crippen LogP contribution in [0.3, 0.4) is 0 Å². The van der Waals surface area contributed by atoms with Crippen LogP contribution in [0.5, 0.6) is 0 Å². The van der Waals surface area contributed by atoms with Crippen molar-refractivity contribution in [3.8, 4) is 0 Å². The second kappa shape index (κ2) is 5.95. The maximum Gasteiger partial charge on any atom is 0.256 e. The normalized spacial score (nSPS) is 24.1. The average molecular weight is 312 g/mol. The first-order valence-corrected chi connectivity index (χ1v) is 7.52. The van der Waals surface area contributed by atoms with E-state index in [0.29, 0.717) is 17.2 Å². The van der Waals surface area contributed by atoms with Gasteiger partial charge in [-0.05, 0) is 51.3 Å². The van der Waals surface area contributed by atoms with Crippen molar-refractivity contribution in [2.45, 2.75) is 50.9 Å². The molecule has 1 aromatic rings. The number of hydrogen-bond acceptors (Lipinski definition) is 3. The van der Waals surface area contributed by atoms with Gasteiger partial charge in [-0.25, -0.2) is 0 Å². The lowest BCUT2D eigenvalue weighted by Crippen LogP contribution is -2.51. The predicted molar refractivity (Wildman–Crippen MR) is 82.2 cm³/mol. The van der Waals surface area contributed by atoms with Crippen molar-refractivity contribution >= 4 is 17.5 Å². The van der Waals surface area contributed by atoms with Gasteiger partial charge in [0.1, 0.15) is 0 Å². The van der Waals surface area contributed by atoms with Gasteiger partial charge < -0.3 is 15.2 Å². The lowest BCUT2D eigenvalue weighted by molar-refractivity contribution is -0.141. The lowest BCUT2D eigenvalue weighted by atomic mass is 9.91. The zero-order valence-corrected chi connectivity index (χ0v) is 13.4. The first kappa shape index (κ1) is 16.3. The van der Waals surface area contributed by atoms with E-state index in [-0.39, 0.29) is 11.6 Å². The van der Waals surface area contributed by atoms with Gasteiger partial charge in [-0.1, -0.05) is 23.7 Å². The highest BCUT2D eigenvalue weighted by Gasteiger charge is 2.36. The van der Waals surface area contributed by atoms with Gasteiger partial charge in [-0.2, -0.15) is 0 Å². The summed E-state index contributed by atoms with van der Waals surface area (Å²) in [6.45, 7) is 6.11. The Morgan fingerprint density at radius 3 is 2.62 bits per heavy atom. The van der Waals surface area contributed by atoms with E-state index in [2.05, 4.69) is 5.32 Å². The number of carbonyl (C=O) groups excluding carboxylic acids is 1. The topological polar surface area (TPSA) is 58.6 Å². The average Bonchev–Trinajstić information content (AvgIpc) is 2.38. The van der Waals surface area contributed by atoms with E-state index in [4.69, 9.17) is 16.3 Å². The molecule has 2 rings (SSSR count). The number of halogens is 1. The number of aliphatic hydroxyl groups is 1. The van der Waals surface area contributed by atoms with Crippen LogP contribution < -0.4 is 5.32 Å². The molecule has 116 valence electrons. The van der Waals surface area contributed by atoms with Crippen molar-refractivity contribution in [3.63, 3.8) is 0 Å². The number of nitrogens with one attached hydrogen (secondary N) is 1. The van der Waals surface area contributed by atoms with Crippen molar-refractivity contribution < 1.29 is 14.6 Å². The molecule has 1 aliphatic heterocycles. The van der Waals surface area contributed by atoms with Crippen LogP contribution in [0.2, 0.25) is 5.02 Å². The Bertz CT molecular complexity index is 511. The van der Waals surface area contributed by atoms with Gasteiger partial charge in [-0.3, -0.25) is 4.79 Å². The van der Waals surface area contributed by atoms with Crippen molar-refractivity contribution in [1.82, 2.24) is 5.32 Å². The number of carbonyl (C=O) groups is 1. The third kappa shape index (κ3) is 3.96. The van der Waals surface area contributed by atoms with E-state index in [1.807, 2.05) is 13.8 Å². The minimum Gasteiger partial charge on any atom is -0.376 e. The molecule has 4 nitrogen and oxygen atoms in total. The molecule has 2 N–H and O–H groups in total. The second-order valence-electron chi connectivity index (χ2n) is 6.35. The van der Waals surface area contributed by atoms with Crippen LogP contribution in [0.4, 0.5) is 0 Å². The summed E-state index contributed by atoms with van der Waals surface area (Å²) >= 11 is 5.83. The summed E-state index contributed by atoms with van der Waals surface area (Å²) in [6, 6.07) is 6.66. The molecule has 2 atom stereocenters. The van der Waals surface area contributed by atoms with Crippen molar-refractivity contribution in [1.29, 1.82) is 0 Å². The molecule has 1 aliphatic rings. The van der Waals surface area contributed by atoms with Crippen molar-refractivity contribution in [3.05, 3.63) is 34.9 Å². The van der Waals surface area contributed by atoms with Crippen LogP contribution in [0.15, 0.2) is 24.3 Å². The van der Waals surface area contributed by atoms with Gasteiger partial charge in [0, 0.05) is 17.7 Å². The number of ether oxygens (including phenoxy) is 1. The Kier molecular flexibility index (Phi) is 4.61. The van der Waals surface area contributed by atoms with Crippen LogP contribution in [-0.2, 0) is 15.1 Å². The molecule has 0 unspecified atom stereocenters. The SMILES string of the molecule is CC1(C)C[C@@H](NC(=O)[C@](C)(O)c2ccc(Cl)cc2)CCO1. The summed E-state index contributed by atoms with van der Waals surface area (Å²) < 4.78 is 5.63. The van der Waals surface area contributed by atoms with E-state index in [9.17, 15) is 9.90 Å². The molecule has 5 heteroatoms. The smallest absolute Gasteiger partial charge is 0.256 e. The molecule has 21 heavy (non-hydrogen) atoms. The largest absolute Gasteiger partial charge is 0.376 e. The number of rotatable bonds is 3. The molecule has 1 amide bonds. The molecular weight excluding hydrogens is 290 g/mol. The first-order valence-electron chi connectivity index (χ1n) is 7.14. The maximum absolute atomic E-state index is 12.4. The van der Waals surface area contributed by atoms with Crippen LogP contribution in [0.1, 0.15) is 39.2 Å². The van der Waals surface area contributed by atoms with Crippen molar-refractivity contribution in [2.75, 3.05) is 6.61 Å². The Morgan fingerprint density at radius 1 is 1.43 bits per heavy atom. The quantitative estimate of drug-likeness (QED) is 0.902. The molecule has 0 aromatic heterocycles. The summed E-state index contributed by atoms with van der Waals surface area (Å²) in [6.07, 6.45) is 1.49. The first-order chi connectivity index (χ1) is 9.71. The minimum absolute atomic E-state index is 0.0139. The van der Waals surface area contributed by atoms with E-state index < -0.39 is 11.5 Å². The summed E-state index contributed by atoms with van der Waals surface area (Å²) in [5.41, 5.74) is -1.30. The van der Waals surface area contributed by atoms with E-state index in [0.717, 1.165) is 12.8 Å². The maximum atomic E-state index is 12.4. The number of amides is 1. The number of benzene rings is 1. The van der Waals surface area contributed by atoms with Gasteiger partial charge in [0.2, 0.25) is 0 Å². The monoisotopic (exact) mass is 311 g/mol. The molecule has 0 bridgehead atoms. The Labute approximate surface area is 130 Å². The van der Waals surface area contributed by atoms with Gasteiger partial charge in [0.25, 0.3) is 5.91 Å². The van der Waals surface area contributed by atoms with Crippen LogP contribution >= 0.6 is 11.6 Å². The fourth-order valence-electron chi connectivity index (χ4n) is 2.59. The standard InChI is InChI=1S/C16H22ClNO3/c1-15(2)10-13(8-9-21-15)18-14(19)16(3,20)11-4-6-12(17)7-5-11/h4-7,13,20H,8-10H2,1-3H3,(H,18,19)/t13-,16+/m0/s1. The number of hydrogen-bond donors (Lipinski definition) is 2. The molecular formula is C16H22ClNO3. The third-order valence-electron chi connectivity index (χ3n) is 3.88. The fourth-order valence-corrected chi connectivity index (χ4v) is 2.71. The molecule has 0 aliphatic carbocycles. The van der Waals surface area contributed by atoms with Crippen LogP contribution in [0, 0.1) is 0 Å². The highest BCUT2D eigenvalue weighted by molar-refractivity contribution is 6.30. The second-order valence-corrected chi connectivity index (χ2v) is 6.79. The lowest BCUT2D eigenvalue weighted by Gasteiger charge is -2.37. The van der Waals surface area contributed by atoms with Gasteiger partial charge in [-0.15, -0.1) is 0 Å². The predicted octanol–water partition coefficient (Wildman–Crippen LogP) is 2.62. The molecule has 0 spiro atoms. The minimum atomic E-state index is -1.58. The fraction of sp³-hybridized carbons (Fsp3) is 0.562. The molecule has 1 aromatic carbocycles. The molecule has 1 saturated heterocycles. The molecule has 0 saturated carbocycles. The van der Waals surface area contributed by atoms with Gasteiger partial charge >= 0.3 is 0 Å². The Morgan fingerprint density at radius 2 is 2.05 bits per heavy atom. The highest BCUT2D eigenvalue weighted by Crippen LogP contribution is 2.26. The van der Waals surface area contributed by atoms with E-state index >= 15 is 0 Å². The molecule has 1 heterocycles. The molecule has 0 radical (unpaired) electrons. The van der Waals surface area contributed by atoms with Crippen LogP contribution in [-0.4, -0.2) is 29.3 Å². The summed E-state index contributed by atoms with van der Waals surface area (Å²) in [5.74, 6) is -0.396. The summed E-state index contributed by atoms with van der Waals surface area (Å²) in [4.78, 5) is 12.4.